The van der Waals surface area contributed by atoms with Crippen molar-refractivity contribution in [2.45, 2.75) is 6.92 Å². The average Bonchev–Trinajstić information content (AvgIpc) is 2.50. The van der Waals surface area contributed by atoms with Gasteiger partial charge in [-0.3, -0.25) is 0 Å². The first-order valence-electron chi connectivity index (χ1n) is 4.17. The third kappa shape index (κ3) is 0.621. The van der Waals surface area contributed by atoms with E-state index in [1.54, 1.807) is 0 Å². The van der Waals surface area contributed by atoms with E-state index in [-0.39, 0.29) is 0 Å². The van der Waals surface area contributed by atoms with Crippen molar-refractivity contribution in [3.05, 3.63) is 23.6 Å². The van der Waals surface area contributed by atoms with Crippen LogP contribution in [-0.4, -0.2) is 6.73 Å². The summed E-state index contributed by atoms with van der Waals surface area (Å²) in [5.74, 6) is 3.48. The summed E-state index contributed by atoms with van der Waals surface area (Å²) in [6.07, 6.45) is 4.59. The predicted molar refractivity (Wildman–Crippen MR) is 41.4 cm³/mol. The van der Waals surface area contributed by atoms with E-state index >= 15 is 0 Å². The van der Waals surface area contributed by atoms with E-state index in [9.17, 15) is 0 Å². The Morgan fingerprint density at radius 3 is 3.18 bits per heavy atom. The highest BCUT2D eigenvalue weighted by Crippen LogP contribution is 2.52. The number of fused-ring (bicyclic) bond motifs is 2. The number of ether oxygens (including phenoxy) is 1. The molecule has 2 fully saturated rings. The number of allylic oxidation sites excluding steroid dienone is 2. The van der Waals surface area contributed by atoms with Crippen LogP contribution in [-0.2, 0) is 4.74 Å². The molecule has 1 heterocycles. The van der Waals surface area contributed by atoms with Crippen LogP contribution < -0.4 is 5.32 Å². The predicted octanol–water partition coefficient (Wildman–Crippen LogP) is 1.23. The lowest BCUT2D eigenvalue weighted by atomic mass is 10.1. The Labute approximate surface area is 65.9 Å². The van der Waals surface area contributed by atoms with Crippen LogP contribution in [0.1, 0.15) is 6.92 Å². The van der Waals surface area contributed by atoms with Gasteiger partial charge in [0.25, 0.3) is 0 Å². The number of rotatable bonds is 0. The van der Waals surface area contributed by atoms with E-state index in [0.717, 1.165) is 23.5 Å². The number of hydrogen-bond donors (Lipinski definition) is 1. The molecule has 58 valence electrons. The van der Waals surface area contributed by atoms with E-state index in [0.29, 0.717) is 6.73 Å². The third-order valence-corrected chi connectivity index (χ3v) is 2.98. The van der Waals surface area contributed by atoms with Crippen LogP contribution in [0.15, 0.2) is 23.6 Å². The molecule has 0 aromatic heterocycles. The van der Waals surface area contributed by atoms with Gasteiger partial charge in [-0.1, -0.05) is 13.0 Å². The van der Waals surface area contributed by atoms with Crippen LogP contribution in [0.4, 0.5) is 0 Å². The van der Waals surface area contributed by atoms with Gasteiger partial charge >= 0.3 is 0 Å². The first-order valence-corrected chi connectivity index (χ1v) is 4.17. The lowest BCUT2D eigenvalue weighted by Gasteiger charge is -2.02. The van der Waals surface area contributed by atoms with Gasteiger partial charge < -0.3 is 10.1 Å². The highest BCUT2D eigenvalue weighted by Gasteiger charge is 2.47. The van der Waals surface area contributed by atoms with Crippen LogP contribution in [0.3, 0.4) is 0 Å². The lowest BCUT2D eigenvalue weighted by molar-refractivity contribution is 0.252. The molecule has 0 radical (unpaired) electrons. The smallest absolute Gasteiger partial charge is 0.159 e. The van der Waals surface area contributed by atoms with Crippen molar-refractivity contribution in [2.24, 2.45) is 17.8 Å². The van der Waals surface area contributed by atoms with Gasteiger partial charge in [-0.05, 0) is 23.8 Å². The van der Waals surface area contributed by atoms with Gasteiger partial charge in [0.1, 0.15) is 5.76 Å². The van der Waals surface area contributed by atoms with Crippen LogP contribution in [0.25, 0.3) is 0 Å². The molecule has 3 unspecified atom stereocenters. The van der Waals surface area contributed by atoms with E-state index in [2.05, 4.69) is 24.4 Å². The molecule has 2 heteroatoms. The molecule has 0 amide bonds. The van der Waals surface area contributed by atoms with Crippen molar-refractivity contribution in [1.82, 2.24) is 5.32 Å². The largest absolute Gasteiger partial charge is 0.471 e. The Balaban J connectivity index is 2.01. The second-order valence-electron chi connectivity index (χ2n) is 3.59. The first kappa shape index (κ1) is 5.70. The zero-order valence-electron chi connectivity index (χ0n) is 6.50. The molecule has 11 heavy (non-hydrogen) atoms. The zero-order valence-corrected chi connectivity index (χ0v) is 6.50. The molecule has 0 spiro atoms. The monoisotopic (exact) mass is 149 g/mol. The molecule has 2 aliphatic carbocycles. The molecule has 0 aromatic rings. The van der Waals surface area contributed by atoms with E-state index in [4.69, 9.17) is 4.74 Å². The van der Waals surface area contributed by atoms with Crippen molar-refractivity contribution in [3.63, 3.8) is 0 Å². The fourth-order valence-electron chi connectivity index (χ4n) is 2.05. The summed E-state index contributed by atoms with van der Waals surface area (Å²) in [6.45, 7) is 2.95. The Kier molecular flexibility index (Phi) is 0.843. The van der Waals surface area contributed by atoms with Gasteiger partial charge in [-0.15, -0.1) is 0 Å². The summed E-state index contributed by atoms with van der Waals surface area (Å²) >= 11 is 0. The molecule has 0 bridgehead atoms. The normalized spacial score (nSPS) is 44.3. The second kappa shape index (κ2) is 1.63. The lowest BCUT2D eigenvalue weighted by Crippen LogP contribution is -2.05. The van der Waals surface area contributed by atoms with Gasteiger partial charge in [0.15, 0.2) is 6.73 Å². The third-order valence-electron chi connectivity index (χ3n) is 2.98. The van der Waals surface area contributed by atoms with Crippen molar-refractivity contribution in [2.75, 3.05) is 6.73 Å². The van der Waals surface area contributed by atoms with E-state index in [1.165, 1.54) is 5.70 Å². The van der Waals surface area contributed by atoms with Crippen LogP contribution >= 0.6 is 0 Å². The van der Waals surface area contributed by atoms with Crippen molar-refractivity contribution < 1.29 is 4.74 Å². The molecule has 2 nitrogen and oxygen atoms in total. The summed E-state index contributed by atoms with van der Waals surface area (Å²) in [4.78, 5) is 0. The van der Waals surface area contributed by atoms with Crippen molar-refractivity contribution >= 4 is 0 Å². The molecule has 3 aliphatic rings. The van der Waals surface area contributed by atoms with Crippen molar-refractivity contribution in [1.29, 1.82) is 0 Å². The molecular formula is C9H11NO. The molecular weight excluding hydrogens is 138 g/mol. The highest BCUT2D eigenvalue weighted by molar-refractivity contribution is 5.37. The van der Waals surface area contributed by atoms with Gasteiger partial charge in [0.2, 0.25) is 0 Å². The molecule has 3 rings (SSSR count). The molecule has 1 aliphatic heterocycles. The maximum Gasteiger partial charge on any atom is 0.159 e. The number of hydrogen-bond acceptors (Lipinski definition) is 2. The quantitative estimate of drug-likeness (QED) is 0.559. The Bertz CT molecular complexity index is 241. The summed E-state index contributed by atoms with van der Waals surface area (Å²) in [6, 6.07) is 0. The van der Waals surface area contributed by atoms with Crippen LogP contribution in [0, 0.1) is 17.8 Å². The standard InChI is InChI=1S/C9H11NO/c1-5-6-2-8-9(3-7(5)6)11-4-10-8/h2-3,5-7,10H,4H2,1H3. The fourth-order valence-corrected chi connectivity index (χ4v) is 2.05. The number of nitrogens with one attached hydrogen (secondary N) is 1. The van der Waals surface area contributed by atoms with E-state index in [1.807, 2.05) is 0 Å². The van der Waals surface area contributed by atoms with Crippen LogP contribution in [0.2, 0.25) is 0 Å². The Morgan fingerprint density at radius 2 is 2.27 bits per heavy atom. The zero-order chi connectivity index (χ0) is 7.42. The van der Waals surface area contributed by atoms with Gasteiger partial charge in [0, 0.05) is 0 Å². The molecule has 1 N–H and O–H groups in total. The maximum atomic E-state index is 5.38. The SMILES string of the molecule is CC1C2C=C3NCOC3=CC12. The molecule has 1 saturated heterocycles. The fraction of sp³-hybridized carbons (Fsp3) is 0.556. The van der Waals surface area contributed by atoms with Gasteiger partial charge in [-0.25, -0.2) is 0 Å². The topological polar surface area (TPSA) is 21.3 Å². The van der Waals surface area contributed by atoms with Gasteiger partial charge in [0.05, 0.1) is 5.70 Å². The minimum absolute atomic E-state index is 0.658. The maximum absolute atomic E-state index is 5.38. The molecule has 1 saturated carbocycles. The molecule has 0 aromatic carbocycles. The summed E-state index contributed by atoms with van der Waals surface area (Å²) in [5, 5.41) is 3.21. The Hall–Kier alpha value is -0.920. The summed E-state index contributed by atoms with van der Waals surface area (Å²) in [5.41, 5.74) is 1.22. The second-order valence-corrected chi connectivity index (χ2v) is 3.59. The first-order chi connectivity index (χ1) is 5.36. The Morgan fingerprint density at radius 1 is 1.45 bits per heavy atom. The minimum atomic E-state index is 0.658. The minimum Gasteiger partial charge on any atom is -0.471 e. The molecule has 3 atom stereocenters. The van der Waals surface area contributed by atoms with Crippen molar-refractivity contribution in [3.8, 4) is 0 Å². The highest BCUT2D eigenvalue weighted by atomic mass is 16.5. The van der Waals surface area contributed by atoms with E-state index < -0.39 is 0 Å². The van der Waals surface area contributed by atoms with Gasteiger partial charge in [-0.2, -0.15) is 0 Å². The summed E-state index contributed by atoms with van der Waals surface area (Å²) in [7, 11) is 0. The average molecular weight is 149 g/mol. The van der Waals surface area contributed by atoms with Crippen LogP contribution in [0.5, 0.6) is 0 Å². The summed E-state index contributed by atoms with van der Waals surface area (Å²) < 4.78 is 5.38.